The first-order chi connectivity index (χ1) is 14.2. The van der Waals surface area contributed by atoms with Crippen LogP contribution >= 0.6 is 24.0 Å². The third-order valence-corrected chi connectivity index (χ3v) is 5.88. The van der Waals surface area contributed by atoms with Crippen LogP contribution in [0.1, 0.15) is 38.7 Å². The van der Waals surface area contributed by atoms with Crippen molar-refractivity contribution >= 4 is 35.6 Å². The number of hydrogen-bond acceptors (Lipinski definition) is 4. The van der Waals surface area contributed by atoms with E-state index in [-0.39, 0.29) is 24.0 Å². The molecule has 7 heteroatoms. The Morgan fingerprint density at radius 3 is 2.70 bits per heavy atom. The molecule has 0 aromatic heterocycles. The number of para-hydroxylation sites is 1. The lowest BCUT2D eigenvalue weighted by Gasteiger charge is -2.34. The third kappa shape index (κ3) is 6.99. The minimum atomic E-state index is 0. The Bertz CT molecular complexity index is 650. The van der Waals surface area contributed by atoms with Gasteiger partial charge in [-0.05, 0) is 51.2 Å². The lowest BCUT2D eigenvalue weighted by molar-refractivity contribution is 0.00990. The van der Waals surface area contributed by atoms with Gasteiger partial charge < -0.3 is 24.6 Å². The van der Waals surface area contributed by atoms with Gasteiger partial charge in [0.1, 0.15) is 0 Å². The number of hydrogen-bond donors (Lipinski definition) is 1. The fourth-order valence-electron chi connectivity index (χ4n) is 4.25. The zero-order valence-electron chi connectivity index (χ0n) is 18.8. The highest BCUT2D eigenvalue weighted by molar-refractivity contribution is 14.0. The molecule has 0 saturated carbocycles. The van der Waals surface area contributed by atoms with E-state index in [0.717, 1.165) is 77.6 Å². The van der Waals surface area contributed by atoms with Crippen LogP contribution < -0.4 is 10.2 Å². The average molecular weight is 530 g/mol. The van der Waals surface area contributed by atoms with Crippen molar-refractivity contribution in [3.05, 3.63) is 29.8 Å². The van der Waals surface area contributed by atoms with Crippen molar-refractivity contribution in [2.45, 2.75) is 51.7 Å². The van der Waals surface area contributed by atoms with Gasteiger partial charge in [0.05, 0.1) is 12.6 Å². The Labute approximate surface area is 199 Å². The smallest absolute Gasteiger partial charge is 0.193 e. The molecule has 6 nitrogen and oxygen atoms in total. The number of nitrogens with one attached hydrogen (secondary N) is 1. The van der Waals surface area contributed by atoms with Crippen molar-refractivity contribution in [1.29, 1.82) is 0 Å². The van der Waals surface area contributed by atoms with Crippen LogP contribution in [0.3, 0.4) is 0 Å². The van der Waals surface area contributed by atoms with Crippen LogP contribution in [0.25, 0.3) is 0 Å². The molecule has 2 aliphatic rings. The van der Waals surface area contributed by atoms with E-state index in [0.29, 0.717) is 12.1 Å². The van der Waals surface area contributed by atoms with Gasteiger partial charge in [-0.3, -0.25) is 4.99 Å². The number of anilines is 1. The normalized spacial score (nSPS) is 18.2. The average Bonchev–Trinajstić information content (AvgIpc) is 3.19. The van der Waals surface area contributed by atoms with Crippen molar-refractivity contribution in [3.8, 4) is 0 Å². The highest BCUT2D eigenvalue weighted by Gasteiger charge is 2.24. The largest absolute Gasteiger partial charge is 0.385 e. The molecule has 2 aliphatic heterocycles. The van der Waals surface area contributed by atoms with E-state index >= 15 is 0 Å². The van der Waals surface area contributed by atoms with Crippen LogP contribution in [0.5, 0.6) is 0 Å². The standard InChI is InChI=1S/C23H38N4O2.HI/c1-4-24-23(26-13-11-21(12-14-26)29-17-7-16-28-3)25-18-19(2)27-15-10-20-8-5-6-9-22(20)27;/h5-6,8-9,19,21H,4,7,10-18H2,1-3H3,(H,24,25);1H. The molecule has 3 rings (SSSR count). The Balaban J connectivity index is 0.00000320. The third-order valence-electron chi connectivity index (χ3n) is 5.88. The predicted octanol–water partition coefficient (Wildman–Crippen LogP) is 3.54. The van der Waals surface area contributed by atoms with Crippen LogP contribution in [-0.2, 0) is 15.9 Å². The SMILES string of the molecule is CCNC(=NCC(C)N1CCc2ccccc21)N1CCC(OCCCOC)CC1.I. The summed E-state index contributed by atoms with van der Waals surface area (Å²) in [6.07, 6.45) is 4.60. The fourth-order valence-corrected chi connectivity index (χ4v) is 4.25. The molecule has 1 aromatic rings. The summed E-state index contributed by atoms with van der Waals surface area (Å²) in [4.78, 5) is 9.89. The molecule has 1 unspecified atom stereocenters. The Hall–Kier alpha value is -1.06. The van der Waals surface area contributed by atoms with Gasteiger partial charge in [0.15, 0.2) is 5.96 Å². The molecular formula is C23H39IN4O2. The van der Waals surface area contributed by atoms with Gasteiger partial charge in [-0.2, -0.15) is 0 Å². The van der Waals surface area contributed by atoms with E-state index in [1.807, 2.05) is 0 Å². The van der Waals surface area contributed by atoms with Gasteiger partial charge in [-0.1, -0.05) is 18.2 Å². The first-order valence-electron chi connectivity index (χ1n) is 11.2. The maximum Gasteiger partial charge on any atom is 0.193 e. The zero-order chi connectivity index (χ0) is 20.5. The molecule has 1 aromatic carbocycles. The molecule has 0 bridgehead atoms. The van der Waals surface area contributed by atoms with E-state index in [4.69, 9.17) is 14.5 Å². The molecule has 2 heterocycles. The van der Waals surface area contributed by atoms with E-state index in [2.05, 4.69) is 53.2 Å². The molecule has 0 spiro atoms. The second kappa shape index (κ2) is 13.4. The van der Waals surface area contributed by atoms with Crippen molar-refractivity contribution < 1.29 is 9.47 Å². The van der Waals surface area contributed by atoms with E-state index in [9.17, 15) is 0 Å². The van der Waals surface area contributed by atoms with Crippen LogP contribution in [0.15, 0.2) is 29.3 Å². The van der Waals surface area contributed by atoms with Crippen molar-refractivity contribution in [2.24, 2.45) is 4.99 Å². The number of halogens is 1. The summed E-state index contributed by atoms with van der Waals surface area (Å²) < 4.78 is 11.1. The van der Waals surface area contributed by atoms with Gasteiger partial charge in [0, 0.05) is 58.2 Å². The van der Waals surface area contributed by atoms with Gasteiger partial charge in [-0.15, -0.1) is 24.0 Å². The van der Waals surface area contributed by atoms with Gasteiger partial charge in [-0.25, -0.2) is 0 Å². The fraction of sp³-hybridized carbons (Fsp3) is 0.696. The number of nitrogens with zero attached hydrogens (tertiary/aromatic N) is 3. The molecule has 1 atom stereocenters. The van der Waals surface area contributed by atoms with E-state index < -0.39 is 0 Å². The maximum absolute atomic E-state index is 6.00. The predicted molar refractivity (Wildman–Crippen MR) is 135 cm³/mol. The Morgan fingerprint density at radius 1 is 1.20 bits per heavy atom. The summed E-state index contributed by atoms with van der Waals surface area (Å²) in [5.41, 5.74) is 2.84. The molecule has 1 saturated heterocycles. The highest BCUT2D eigenvalue weighted by Crippen LogP contribution is 2.29. The first kappa shape index (κ1) is 25.2. The van der Waals surface area contributed by atoms with Gasteiger partial charge in [0.2, 0.25) is 0 Å². The minimum absolute atomic E-state index is 0. The van der Waals surface area contributed by atoms with Gasteiger partial charge in [0.25, 0.3) is 0 Å². The van der Waals surface area contributed by atoms with Crippen LogP contribution in [0.2, 0.25) is 0 Å². The topological polar surface area (TPSA) is 49.3 Å². The second-order valence-corrected chi connectivity index (χ2v) is 8.02. The molecular weight excluding hydrogens is 491 g/mol. The summed E-state index contributed by atoms with van der Waals surface area (Å²) in [6.45, 7) is 10.8. The second-order valence-electron chi connectivity index (χ2n) is 8.02. The summed E-state index contributed by atoms with van der Waals surface area (Å²) in [7, 11) is 1.74. The lowest BCUT2D eigenvalue weighted by Crippen LogP contribution is -2.47. The Morgan fingerprint density at radius 2 is 1.97 bits per heavy atom. The number of methoxy groups -OCH3 is 1. The number of ether oxygens (including phenoxy) is 2. The zero-order valence-corrected chi connectivity index (χ0v) is 21.1. The monoisotopic (exact) mass is 530 g/mol. The first-order valence-corrected chi connectivity index (χ1v) is 11.2. The van der Waals surface area contributed by atoms with Crippen molar-refractivity contribution in [1.82, 2.24) is 10.2 Å². The summed E-state index contributed by atoms with van der Waals surface area (Å²) in [5.74, 6) is 1.05. The number of fused-ring (bicyclic) bond motifs is 1. The van der Waals surface area contributed by atoms with Crippen LogP contribution in [0.4, 0.5) is 5.69 Å². The molecule has 0 aliphatic carbocycles. The van der Waals surface area contributed by atoms with Crippen LogP contribution in [0, 0.1) is 0 Å². The molecule has 0 radical (unpaired) electrons. The van der Waals surface area contributed by atoms with Crippen molar-refractivity contribution in [3.63, 3.8) is 0 Å². The minimum Gasteiger partial charge on any atom is -0.385 e. The van der Waals surface area contributed by atoms with Crippen LogP contribution in [-0.4, -0.2) is 76.1 Å². The molecule has 30 heavy (non-hydrogen) atoms. The molecule has 170 valence electrons. The van der Waals surface area contributed by atoms with Crippen molar-refractivity contribution in [2.75, 3.05) is 57.9 Å². The molecule has 0 amide bonds. The number of aliphatic imine (C=N–C) groups is 1. The molecule has 1 N–H and O–H groups in total. The summed E-state index contributed by atoms with van der Waals surface area (Å²) >= 11 is 0. The summed E-state index contributed by atoms with van der Waals surface area (Å²) in [5, 5.41) is 3.49. The Kier molecular flexibility index (Phi) is 11.2. The number of benzene rings is 1. The van der Waals surface area contributed by atoms with E-state index in [1.54, 1.807) is 7.11 Å². The number of piperidine rings is 1. The highest BCUT2D eigenvalue weighted by atomic mass is 127. The number of rotatable bonds is 9. The lowest BCUT2D eigenvalue weighted by atomic mass is 10.1. The van der Waals surface area contributed by atoms with E-state index in [1.165, 1.54) is 11.3 Å². The summed E-state index contributed by atoms with van der Waals surface area (Å²) in [6, 6.07) is 9.16. The number of likely N-dealkylation sites (tertiary alicyclic amines) is 1. The number of guanidine groups is 1. The molecule has 1 fully saturated rings. The van der Waals surface area contributed by atoms with Gasteiger partial charge >= 0.3 is 0 Å². The maximum atomic E-state index is 6.00. The quantitative estimate of drug-likeness (QED) is 0.229.